The fourth-order valence-electron chi connectivity index (χ4n) is 13.7. The normalized spacial score (nSPS) is 11.5. The Bertz CT molecular complexity index is 4300. The largest absolute Gasteiger partial charge is 0.309 e. The Labute approximate surface area is 521 Å². The van der Waals surface area contributed by atoms with E-state index in [1.54, 1.807) is 0 Å². The predicted molar refractivity (Wildman–Crippen MR) is 383 cm³/mol. The fraction of sp³-hybridized carbons (Fsp3) is 0.163. The number of hydrogen-bond acceptors (Lipinski definition) is 2. The van der Waals surface area contributed by atoms with Crippen LogP contribution >= 0.6 is 0 Å². The van der Waals surface area contributed by atoms with Crippen LogP contribution in [-0.4, -0.2) is 0 Å². The minimum Gasteiger partial charge on any atom is -0.309 e. The molecule has 13 rings (SSSR count). The Hall–Kier alpha value is -9.76. The molecule has 0 aliphatic heterocycles. The van der Waals surface area contributed by atoms with Crippen LogP contribution in [0.25, 0.3) is 66.4 Å². The van der Waals surface area contributed by atoms with Crippen molar-refractivity contribution < 1.29 is 0 Å². The van der Waals surface area contributed by atoms with Crippen LogP contribution in [0.4, 0.5) is 34.1 Å². The van der Waals surface area contributed by atoms with Gasteiger partial charge in [-0.2, -0.15) is 0 Å². The van der Waals surface area contributed by atoms with Crippen molar-refractivity contribution in [2.24, 2.45) is 0 Å². The molecule has 88 heavy (non-hydrogen) atoms. The van der Waals surface area contributed by atoms with E-state index >= 15 is 0 Å². The van der Waals surface area contributed by atoms with Gasteiger partial charge in [0.1, 0.15) is 0 Å². The van der Waals surface area contributed by atoms with Gasteiger partial charge in [0.25, 0.3) is 0 Å². The van der Waals surface area contributed by atoms with E-state index < -0.39 is 0 Å². The average molecular weight is 1140 g/mol. The summed E-state index contributed by atoms with van der Waals surface area (Å²) in [6, 6.07) is 87.6. The summed E-state index contributed by atoms with van der Waals surface area (Å²) in [5.74, 6) is 0. The Morgan fingerprint density at radius 1 is 0.284 bits per heavy atom. The zero-order valence-corrected chi connectivity index (χ0v) is 52.8. The number of anilines is 6. The second-order valence-corrected chi connectivity index (χ2v) is 24.4. The molecule has 2 nitrogen and oxygen atoms in total. The van der Waals surface area contributed by atoms with Gasteiger partial charge < -0.3 is 9.80 Å². The summed E-state index contributed by atoms with van der Waals surface area (Å²) in [4.78, 5) is 5.16. The zero-order valence-electron chi connectivity index (χ0n) is 52.8. The van der Waals surface area contributed by atoms with Crippen LogP contribution in [0.15, 0.2) is 231 Å². The molecule has 0 fully saturated rings. The maximum atomic E-state index is 2.58. The SMILES string of the molecule is CCc1cc(C)cc(CC)c1N(c1ccc(C=C(c2ccc(C)cc2)c2ccc(C)cc2)cc1)c1ccc2c3cccc4c(N(c5ccc(C=C(c6ccc(C)cc6)c6ccc(C)cc6)cc5)c5c(CC)cc(C)cc5CC)ccc(c5cccc1c52)c43. The first-order valence-corrected chi connectivity index (χ1v) is 31.8. The van der Waals surface area contributed by atoms with Crippen molar-refractivity contribution in [3.63, 3.8) is 0 Å². The van der Waals surface area contributed by atoms with Gasteiger partial charge in [-0.1, -0.05) is 255 Å². The Morgan fingerprint density at radius 2 is 0.557 bits per heavy atom. The maximum absolute atomic E-state index is 2.58. The highest BCUT2D eigenvalue weighted by Crippen LogP contribution is 2.51. The molecule has 432 valence electrons. The fourth-order valence-corrected chi connectivity index (χ4v) is 13.7. The number of rotatable bonds is 16. The van der Waals surface area contributed by atoms with Crippen molar-refractivity contribution in [2.75, 3.05) is 9.80 Å². The number of benzene rings is 13. The highest BCUT2D eigenvalue weighted by Gasteiger charge is 2.27. The summed E-state index contributed by atoms with van der Waals surface area (Å²) in [5.41, 5.74) is 29.7. The molecule has 13 aromatic rings. The average Bonchev–Trinajstić information content (AvgIpc) is 0.758. The third-order valence-electron chi connectivity index (χ3n) is 18.3. The molecule has 13 aromatic carbocycles. The van der Waals surface area contributed by atoms with Crippen LogP contribution in [-0.2, 0) is 25.7 Å². The third-order valence-corrected chi connectivity index (χ3v) is 18.3. The summed E-state index contributed by atoms with van der Waals surface area (Å²) in [5, 5.41) is 10.1. The van der Waals surface area contributed by atoms with E-state index in [1.165, 1.54) is 155 Å². The van der Waals surface area contributed by atoms with Crippen LogP contribution < -0.4 is 9.80 Å². The van der Waals surface area contributed by atoms with Gasteiger partial charge in [-0.15, -0.1) is 0 Å². The molecular formula is C86H78N2. The highest BCUT2D eigenvalue weighted by molar-refractivity contribution is 6.35. The quantitative estimate of drug-likeness (QED) is 0.0540. The number of nitrogens with zero attached hydrogens (tertiary/aromatic N) is 2. The summed E-state index contributed by atoms with van der Waals surface area (Å²) in [6.07, 6.45) is 8.37. The molecule has 0 heterocycles. The second-order valence-electron chi connectivity index (χ2n) is 24.4. The lowest BCUT2D eigenvalue weighted by molar-refractivity contribution is 1.05. The summed E-state index contributed by atoms with van der Waals surface area (Å²) in [6.45, 7) is 22.3. The molecule has 0 N–H and O–H groups in total. The van der Waals surface area contributed by atoms with E-state index in [0.717, 1.165) is 48.2 Å². The minimum atomic E-state index is 0.917. The van der Waals surface area contributed by atoms with Crippen LogP contribution in [0.3, 0.4) is 0 Å². The molecule has 0 bridgehead atoms. The van der Waals surface area contributed by atoms with E-state index in [4.69, 9.17) is 0 Å². The molecule has 2 heteroatoms. The molecule has 0 spiro atoms. The van der Waals surface area contributed by atoms with Crippen LogP contribution in [0.1, 0.15) is 117 Å². The molecule has 0 saturated carbocycles. The first-order valence-electron chi connectivity index (χ1n) is 31.8. The van der Waals surface area contributed by atoms with Gasteiger partial charge in [0.05, 0.1) is 22.7 Å². The number of aryl methyl sites for hydroxylation is 10. The minimum absolute atomic E-state index is 0.917. The number of fused-ring (bicyclic) bond motifs is 2. The van der Waals surface area contributed by atoms with E-state index in [9.17, 15) is 0 Å². The van der Waals surface area contributed by atoms with Gasteiger partial charge in [-0.25, -0.2) is 0 Å². The monoisotopic (exact) mass is 1140 g/mol. The van der Waals surface area contributed by atoms with Gasteiger partial charge in [0, 0.05) is 22.1 Å². The Morgan fingerprint density at radius 3 is 0.841 bits per heavy atom. The first kappa shape index (κ1) is 57.3. The molecular weight excluding hydrogens is 1060 g/mol. The van der Waals surface area contributed by atoms with Crippen molar-refractivity contribution in [1.82, 2.24) is 0 Å². The highest BCUT2D eigenvalue weighted by atomic mass is 15.2. The molecule has 0 aliphatic rings. The molecule has 0 radical (unpaired) electrons. The Kier molecular flexibility index (Phi) is 15.8. The van der Waals surface area contributed by atoms with Gasteiger partial charge in [0.15, 0.2) is 0 Å². The van der Waals surface area contributed by atoms with E-state index in [1.807, 2.05) is 0 Å². The van der Waals surface area contributed by atoms with Crippen LogP contribution in [0, 0.1) is 41.5 Å². The van der Waals surface area contributed by atoms with Gasteiger partial charge >= 0.3 is 0 Å². The first-order chi connectivity index (χ1) is 42.9. The zero-order chi connectivity index (χ0) is 60.7. The third kappa shape index (κ3) is 10.8. The van der Waals surface area contributed by atoms with Crippen molar-refractivity contribution >= 4 is 101 Å². The number of hydrogen-bond donors (Lipinski definition) is 0. The second kappa shape index (κ2) is 24.2. The van der Waals surface area contributed by atoms with Gasteiger partial charge in [0.2, 0.25) is 0 Å². The van der Waals surface area contributed by atoms with Crippen molar-refractivity contribution in [3.05, 3.63) is 320 Å². The van der Waals surface area contributed by atoms with Crippen molar-refractivity contribution in [2.45, 2.75) is 94.9 Å². The molecule has 0 aliphatic carbocycles. The Balaban J connectivity index is 0.981. The van der Waals surface area contributed by atoms with Crippen molar-refractivity contribution in [3.8, 4) is 0 Å². The predicted octanol–water partition coefficient (Wildman–Crippen LogP) is 24.0. The van der Waals surface area contributed by atoms with Gasteiger partial charge in [-0.3, -0.25) is 0 Å². The van der Waals surface area contributed by atoms with Gasteiger partial charge in [-0.05, 0) is 215 Å². The van der Waals surface area contributed by atoms with E-state index in [2.05, 4.69) is 322 Å². The topological polar surface area (TPSA) is 6.48 Å². The molecule has 0 saturated heterocycles. The molecule has 0 aromatic heterocycles. The van der Waals surface area contributed by atoms with Crippen LogP contribution in [0.5, 0.6) is 0 Å². The van der Waals surface area contributed by atoms with E-state index in [0.29, 0.717) is 0 Å². The lowest BCUT2D eigenvalue weighted by Gasteiger charge is -2.32. The van der Waals surface area contributed by atoms with E-state index in [-0.39, 0.29) is 0 Å². The summed E-state index contributed by atoms with van der Waals surface area (Å²) in [7, 11) is 0. The summed E-state index contributed by atoms with van der Waals surface area (Å²) >= 11 is 0. The molecule has 0 amide bonds. The van der Waals surface area contributed by atoms with Crippen LogP contribution in [0.2, 0.25) is 0 Å². The smallest absolute Gasteiger partial charge is 0.0540 e. The maximum Gasteiger partial charge on any atom is 0.0540 e. The molecule has 0 atom stereocenters. The molecule has 0 unspecified atom stereocenters. The van der Waals surface area contributed by atoms with Crippen molar-refractivity contribution in [1.29, 1.82) is 0 Å². The standard InChI is InChI=1S/C86H78N2/c1-11-63-49-59(9)50-64(12-2)85(63)87(71-41-29-61(30-42-71)53-79(67-33-21-55(5)22-34-67)68-35-23-56(6)24-36-68)81-47-45-75-74-18-16-20-78-82(48-46-76(84(74)78)73-17-15-19-77(81)83(73)75)88(86-65(13-3)51-60(10)52-66(86)14-4)72-43-31-62(32-44-72)54-80(69-37-25-57(7)26-38-69)70-39-27-58(8)28-40-70/h15-54H,11-14H2,1-10H3. The lowest BCUT2D eigenvalue weighted by atomic mass is 9.88. The lowest BCUT2D eigenvalue weighted by Crippen LogP contribution is -2.15. The summed E-state index contributed by atoms with van der Waals surface area (Å²) < 4.78 is 0.